The van der Waals surface area contributed by atoms with Crippen LogP contribution in [0.5, 0.6) is 0 Å². The number of carbonyl (C=O) groups is 1. The average molecular weight is 451 g/mol. The van der Waals surface area contributed by atoms with E-state index >= 15 is 0 Å². The molecule has 1 amide bonds. The number of hydrogen-bond acceptors (Lipinski definition) is 3. The normalized spacial score (nSPS) is 11.0. The quantitative estimate of drug-likeness (QED) is 0.496. The van der Waals surface area contributed by atoms with Crippen molar-refractivity contribution in [2.45, 2.75) is 19.9 Å². The lowest BCUT2D eigenvalue weighted by atomic mass is 10.1. The van der Waals surface area contributed by atoms with Crippen LogP contribution in [0.3, 0.4) is 0 Å². The van der Waals surface area contributed by atoms with E-state index in [-0.39, 0.29) is 18.0 Å². The zero-order chi connectivity index (χ0) is 20.4. The van der Waals surface area contributed by atoms with E-state index in [1.54, 1.807) is 23.0 Å². The molecule has 29 heavy (non-hydrogen) atoms. The predicted molar refractivity (Wildman–Crippen MR) is 117 cm³/mol. The number of nitrogens with one attached hydrogen (secondary N) is 1. The van der Waals surface area contributed by atoms with Crippen LogP contribution in [-0.4, -0.2) is 20.3 Å². The molecule has 7 heteroatoms. The minimum atomic E-state index is -0.242. The van der Waals surface area contributed by atoms with Gasteiger partial charge in [-0.3, -0.25) is 14.3 Å². The van der Waals surface area contributed by atoms with E-state index in [9.17, 15) is 9.59 Å². The molecule has 2 heterocycles. The molecule has 0 atom stereocenters. The number of rotatable bonds is 5. The van der Waals surface area contributed by atoms with Gasteiger partial charge in [-0.15, -0.1) is 0 Å². The fraction of sp³-hybridized carbons (Fsp3) is 0.136. The lowest BCUT2D eigenvalue weighted by Crippen LogP contribution is -2.27. The Morgan fingerprint density at radius 1 is 1.07 bits per heavy atom. The number of aryl methyl sites for hydroxylation is 1. The Morgan fingerprint density at radius 2 is 1.79 bits per heavy atom. The number of aromatic nitrogens is 3. The zero-order valence-corrected chi connectivity index (χ0v) is 17.4. The number of benzene rings is 2. The summed E-state index contributed by atoms with van der Waals surface area (Å²) in [6.07, 6.45) is 2.53. The van der Waals surface area contributed by atoms with Gasteiger partial charge in [0.15, 0.2) is 5.65 Å². The van der Waals surface area contributed by atoms with Gasteiger partial charge in [0.1, 0.15) is 6.54 Å². The lowest BCUT2D eigenvalue weighted by Gasteiger charge is -2.13. The third kappa shape index (κ3) is 3.86. The molecule has 0 bridgehead atoms. The number of nitrogens with zero attached hydrogens (tertiary/aromatic N) is 3. The van der Waals surface area contributed by atoms with Gasteiger partial charge in [0.05, 0.1) is 11.1 Å². The van der Waals surface area contributed by atoms with Gasteiger partial charge in [-0.1, -0.05) is 35.0 Å². The van der Waals surface area contributed by atoms with E-state index in [4.69, 9.17) is 0 Å². The first-order valence-corrected chi connectivity index (χ1v) is 10.1. The van der Waals surface area contributed by atoms with Gasteiger partial charge >= 0.3 is 0 Å². The molecule has 0 aliphatic heterocycles. The van der Waals surface area contributed by atoms with Crippen LogP contribution in [0.4, 0.5) is 5.69 Å². The summed E-state index contributed by atoms with van der Waals surface area (Å²) in [5, 5.41) is 3.34. The molecule has 0 aliphatic carbocycles. The number of hydrogen-bond donors (Lipinski definition) is 1. The number of pyridine rings is 1. The topological polar surface area (TPSA) is 68.9 Å². The second-order valence-electron chi connectivity index (χ2n) is 6.62. The van der Waals surface area contributed by atoms with Crippen molar-refractivity contribution in [3.63, 3.8) is 0 Å². The van der Waals surface area contributed by atoms with Crippen LogP contribution < -0.4 is 10.9 Å². The van der Waals surface area contributed by atoms with Gasteiger partial charge in [0, 0.05) is 16.4 Å². The van der Waals surface area contributed by atoms with E-state index in [0.717, 1.165) is 10.9 Å². The van der Waals surface area contributed by atoms with Crippen LogP contribution in [0.25, 0.3) is 16.7 Å². The van der Waals surface area contributed by atoms with Crippen LogP contribution in [0.1, 0.15) is 12.5 Å². The molecule has 0 saturated heterocycles. The molecule has 0 unspecified atom stereocenters. The Balaban J connectivity index is 1.74. The van der Waals surface area contributed by atoms with Gasteiger partial charge in [0.25, 0.3) is 5.56 Å². The highest BCUT2D eigenvalue weighted by Gasteiger charge is 2.18. The molecule has 4 rings (SSSR count). The second-order valence-corrected chi connectivity index (χ2v) is 7.54. The van der Waals surface area contributed by atoms with Gasteiger partial charge in [0.2, 0.25) is 5.91 Å². The summed E-state index contributed by atoms with van der Waals surface area (Å²) >= 11 is 3.38. The summed E-state index contributed by atoms with van der Waals surface area (Å²) in [5.74, 6) is -0.242. The smallest absolute Gasteiger partial charge is 0.280 e. The third-order valence-electron chi connectivity index (χ3n) is 4.71. The Labute approximate surface area is 175 Å². The van der Waals surface area contributed by atoms with Gasteiger partial charge < -0.3 is 5.32 Å². The van der Waals surface area contributed by atoms with Crippen LogP contribution in [0, 0.1) is 0 Å². The second kappa shape index (κ2) is 8.05. The van der Waals surface area contributed by atoms with Crippen LogP contribution in [0.15, 0.2) is 76.1 Å². The average Bonchev–Trinajstić information content (AvgIpc) is 3.02. The van der Waals surface area contributed by atoms with E-state index in [1.165, 1.54) is 10.2 Å². The number of carbonyl (C=O) groups excluding carboxylic acids is 1. The zero-order valence-electron chi connectivity index (χ0n) is 15.8. The van der Waals surface area contributed by atoms with Crippen molar-refractivity contribution in [1.29, 1.82) is 0 Å². The number of halogens is 1. The minimum Gasteiger partial charge on any atom is -0.324 e. The van der Waals surface area contributed by atoms with Crippen LogP contribution in [-0.2, 0) is 17.8 Å². The lowest BCUT2D eigenvalue weighted by molar-refractivity contribution is -0.116. The molecule has 2 aromatic heterocycles. The van der Waals surface area contributed by atoms with Crippen molar-refractivity contribution in [3.8, 4) is 5.69 Å². The number of fused-ring (bicyclic) bond motifs is 1. The van der Waals surface area contributed by atoms with Crippen molar-refractivity contribution in [1.82, 2.24) is 14.3 Å². The largest absolute Gasteiger partial charge is 0.324 e. The summed E-state index contributed by atoms with van der Waals surface area (Å²) in [4.78, 5) is 30.1. The molecule has 0 saturated carbocycles. The first kappa shape index (κ1) is 19.1. The van der Waals surface area contributed by atoms with Crippen LogP contribution >= 0.6 is 15.9 Å². The molecule has 0 radical (unpaired) electrons. The monoisotopic (exact) mass is 450 g/mol. The summed E-state index contributed by atoms with van der Waals surface area (Å²) < 4.78 is 4.06. The maximum absolute atomic E-state index is 13.0. The molecular formula is C22H19BrN4O2. The fourth-order valence-corrected chi connectivity index (χ4v) is 3.50. The van der Waals surface area contributed by atoms with Gasteiger partial charge in [-0.25, -0.2) is 9.67 Å². The predicted octanol–water partition coefficient (Wildman–Crippen LogP) is 4.15. The van der Waals surface area contributed by atoms with E-state index in [2.05, 4.69) is 33.2 Å². The highest BCUT2D eigenvalue weighted by molar-refractivity contribution is 9.10. The standard InChI is InChI=1S/C22H19BrN4O2/c1-2-15-5-11-18(12-6-15)27-22(29)19-4-3-13-24-21(19)26(27)14-20(28)25-17-9-7-16(23)8-10-17/h3-13H,2,14H2,1H3,(H,25,28). The van der Waals surface area contributed by atoms with E-state index in [0.29, 0.717) is 22.4 Å². The SMILES string of the molecule is CCc1ccc(-n2c(=O)c3cccnc3n2CC(=O)Nc2ccc(Br)cc2)cc1. The highest BCUT2D eigenvalue weighted by Crippen LogP contribution is 2.16. The number of amides is 1. The minimum absolute atomic E-state index is 0.0403. The third-order valence-corrected chi connectivity index (χ3v) is 5.23. The fourth-order valence-electron chi connectivity index (χ4n) is 3.23. The van der Waals surface area contributed by atoms with Crippen molar-refractivity contribution >= 4 is 38.6 Å². The molecule has 0 fully saturated rings. The molecule has 4 aromatic rings. The van der Waals surface area contributed by atoms with Gasteiger partial charge in [-0.05, 0) is 60.5 Å². The summed E-state index contributed by atoms with van der Waals surface area (Å²) in [7, 11) is 0. The maximum atomic E-state index is 13.0. The van der Waals surface area contributed by atoms with Gasteiger partial charge in [-0.2, -0.15) is 0 Å². The molecule has 0 spiro atoms. The van der Waals surface area contributed by atoms with Crippen LogP contribution in [0.2, 0.25) is 0 Å². The summed E-state index contributed by atoms with van der Waals surface area (Å²) in [5.41, 5.74) is 2.83. The molecular weight excluding hydrogens is 432 g/mol. The molecule has 6 nitrogen and oxygen atoms in total. The summed E-state index contributed by atoms with van der Waals surface area (Å²) in [6.45, 7) is 2.04. The Hall–Kier alpha value is -3.19. The van der Waals surface area contributed by atoms with Crippen molar-refractivity contribution in [2.75, 3.05) is 5.32 Å². The first-order chi connectivity index (χ1) is 14.1. The molecule has 0 aliphatic rings. The molecule has 1 N–H and O–H groups in total. The van der Waals surface area contributed by atoms with Crippen molar-refractivity contribution in [2.24, 2.45) is 0 Å². The summed E-state index contributed by atoms with van der Waals surface area (Å²) in [6, 6.07) is 18.5. The number of anilines is 1. The Bertz CT molecular complexity index is 1220. The highest BCUT2D eigenvalue weighted by atomic mass is 79.9. The maximum Gasteiger partial charge on any atom is 0.280 e. The van der Waals surface area contributed by atoms with Crippen molar-refractivity contribution < 1.29 is 4.79 Å². The molecule has 146 valence electrons. The first-order valence-electron chi connectivity index (χ1n) is 9.28. The van der Waals surface area contributed by atoms with E-state index < -0.39 is 0 Å². The Morgan fingerprint density at radius 3 is 2.48 bits per heavy atom. The Kier molecular flexibility index (Phi) is 5.31. The van der Waals surface area contributed by atoms with E-state index in [1.807, 2.05) is 48.5 Å². The molecule has 2 aromatic carbocycles. The van der Waals surface area contributed by atoms with Crippen molar-refractivity contribution in [3.05, 3.63) is 87.3 Å².